The summed E-state index contributed by atoms with van der Waals surface area (Å²) in [5, 5.41) is 11.7. The fraction of sp³-hybridized carbons (Fsp3) is 0.0909. The maximum Gasteiger partial charge on any atom is 0.250 e. The first kappa shape index (κ1) is 18.4. The standard InChI is InChI=1S/C22H17BrFN3O/c1-14-13-16(11-12-18(14)23)25-20(15-7-3-2-4-8-15)22-27-26-21(28-22)17-9-5-6-10-19(17)24/h2-13,20,25H,1H3/t20-/m0/s1. The van der Waals surface area contributed by atoms with Crippen LogP contribution in [0.3, 0.4) is 0 Å². The van der Waals surface area contributed by atoms with Crippen molar-refractivity contribution in [3.8, 4) is 11.5 Å². The Bertz CT molecular complexity index is 1100. The lowest BCUT2D eigenvalue weighted by Gasteiger charge is -2.17. The lowest BCUT2D eigenvalue weighted by molar-refractivity contribution is 0.490. The van der Waals surface area contributed by atoms with E-state index in [1.807, 2.05) is 55.5 Å². The summed E-state index contributed by atoms with van der Waals surface area (Å²) in [5.41, 5.74) is 3.27. The number of anilines is 1. The van der Waals surface area contributed by atoms with Crippen molar-refractivity contribution in [2.45, 2.75) is 13.0 Å². The average Bonchev–Trinajstić information content (AvgIpc) is 3.19. The van der Waals surface area contributed by atoms with Gasteiger partial charge in [0.15, 0.2) is 0 Å². The number of aryl methyl sites for hydroxylation is 1. The van der Waals surface area contributed by atoms with Crippen molar-refractivity contribution in [1.29, 1.82) is 0 Å². The van der Waals surface area contributed by atoms with E-state index in [4.69, 9.17) is 4.42 Å². The van der Waals surface area contributed by atoms with Crippen LogP contribution in [0.25, 0.3) is 11.5 Å². The summed E-state index contributed by atoms with van der Waals surface area (Å²) in [6.07, 6.45) is 0. The van der Waals surface area contributed by atoms with Crippen LogP contribution in [0.2, 0.25) is 0 Å². The summed E-state index contributed by atoms with van der Waals surface area (Å²) < 4.78 is 21.0. The van der Waals surface area contributed by atoms with E-state index in [0.29, 0.717) is 5.89 Å². The Morgan fingerprint density at radius 2 is 1.71 bits per heavy atom. The number of nitrogens with one attached hydrogen (secondary N) is 1. The minimum atomic E-state index is -0.398. The minimum absolute atomic E-state index is 0.155. The van der Waals surface area contributed by atoms with Crippen molar-refractivity contribution in [2.75, 3.05) is 5.32 Å². The zero-order valence-corrected chi connectivity index (χ0v) is 16.7. The van der Waals surface area contributed by atoms with Crippen molar-refractivity contribution < 1.29 is 8.81 Å². The maximum atomic E-state index is 14.1. The molecule has 0 aliphatic rings. The molecular weight excluding hydrogens is 421 g/mol. The van der Waals surface area contributed by atoms with Crippen LogP contribution in [0.4, 0.5) is 10.1 Å². The molecule has 4 rings (SSSR count). The van der Waals surface area contributed by atoms with E-state index in [0.717, 1.165) is 21.3 Å². The van der Waals surface area contributed by atoms with E-state index in [2.05, 4.69) is 31.4 Å². The van der Waals surface area contributed by atoms with Gasteiger partial charge in [-0.25, -0.2) is 4.39 Å². The van der Waals surface area contributed by atoms with Crippen molar-refractivity contribution in [2.24, 2.45) is 0 Å². The van der Waals surface area contributed by atoms with Crippen molar-refractivity contribution >= 4 is 21.6 Å². The van der Waals surface area contributed by atoms with E-state index in [1.165, 1.54) is 6.07 Å². The lowest BCUT2D eigenvalue weighted by atomic mass is 10.1. The van der Waals surface area contributed by atoms with E-state index < -0.39 is 5.82 Å². The second-order valence-corrected chi connectivity index (χ2v) is 7.23. The molecule has 0 amide bonds. The van der Waals surface area contributed by atoms with Gasteiger partial charge in [-0.3, -0.25) is 0 Å². The molecule has 4 aromatic rings. The molecule has 0 spiro atoms. The molecule has 1 aromatic heterocycles. The second kappa shape index (κ2) is 7.94. The lowest BCUT2D eigenvalue weighted by Crippen LogP contribution is -2.13. The highest BCUT2D eigenvalue weighted by molar-refractivity contribution is 9.10. The molecule has 0 fully saturated rings. The first-order valence-corrected chi connectivity index (χ1v) is 9.57. The highest BCUT2D eigenvalue weighted by atomic mass is 79.9. The highest BCUT2D eigenvalue weighted by Crippen LogP contribution is 2.30. The number of hydrogen-bond donors (Lipinski definition) is 1. The van der Waals surface area contributed by atoms with E-state index >= 15 is 0 Å². The number of nitrogens with zero attached hydrogens (tertiary/aromatic N) is 2. The molecule has 0 saturated heterocycles. The van der Waals surface area contributed by atoms with Crippen LogP contribution in [-0.4, -0.2) is 10.2 Å². The molecule has 0 aliphatic carbocycles. The number of halogens is 2. The summed E-state index contributed by atoms with van der Waals surface area (Å²) in [6, 6.07) is 21.8. The minimum Gasteiger partial charge on any atom is -0.418 e. The Hall–Kier alpha value is -2.99. The molecule has 28 heavy (non-hydrogen) atoms. The number of aromatic nitrogens is 2. The number of rotatable bonds is 5. The van der Waals surface area contributed by atoms with Gasteiger partial charge in [-0.05, 0) is 48.4 Å². The summed E-state index contributed by atoms with van der Waals surface area (Å²) in [7, 11) is 0. The molecular formula is C22H17BrFN3O. The van der Waals surface area contributed by atoms with Crippen LogP contribution in [0.1, 0.15) is 23.1 Å². The third-order valence-corrected chi connectivity index (χ3v) is 5.28. The van der Waals surface area contributed by atoms with Gasteiger partial charge in [0, 0.05) is 10.2 Å². The molecule has 6 heteroatoms. The average molecular weight is 438 g/mol. The van der Waals surface area contributed by atoms with Crippen molar-refractivity contribution in [3.05, 3.63) is 100 Å². The Morgan fingerprint density at radius 3 is 2.46 bits per heavy atom. The van der Waals surface area contributed by atoms with Crippen LogP contribution in [0.15, 0.2) is 81.7 Å². The summed E-state index contributed by atoms with van der Waals surface area (Å²) in [5.74, 6) is 0.123. The molecule has 0 bridgehead atoms. The SMILES string of the molecule is Cc1cc(N[C@@H](c2ccccc2)c2nnc(-c3ccccc3F)o2)ccc1Br. The van der Waals surface area contributed by atoms with Crippen LogP contribution in [0, 0.1) is 12.7 Å². The maximum absolute atomic E-state index is 14.1. The van der Waals surface area contributed by atoms with Gasteiger partial charge in [0.1, 0.15) is 11.9 Å². The first-order chi connectivity index (χ1) is 13.6. The molecule has 3 aromatic carbocycles. The Morgan fingerprint density at radius 1 is 0.964 bits per heavy atom. The summed E-state index contributed by atoms with van der Waals surface area (Å²) >= 11 is 3.52. The third-order valence-electron chi connectivity index (χ3n) is 4.39. The van der Waals surface area contributed by atoms with Gasteiger partial charge in [0.05, 0.1) is 5.56 Å². The Kier molecular flexibility index (Phi) is 5.21. The smallest absolute Gasteiger partial charge is 0.250 e. The molecule has 1 N–H and O–H groups in total. The zero-order valence-electron chi connectivity index (χ0n) is 15.1. The van der Waals surface area contributed by atoms with Gasteiger partial charge in [0.25, 0.3) is 5.89 Å². The monoisotopic (exact) mass is 437 g/mol. The second-order valence-electron chi connectivity index (χ2n) is 6.38. The molecule has 0 radical (unpaired) electrons. The van der Waals surface area contributed by atoms with Gasteiger partial charge in [-0.15, -0.1) is 10.2 Å². The van der Waals surface area contributed by atoms with Gasteiger partial charge >= 0.3 is 0 Å². The van der Waals surface area contributed by atoms with E-state index in [1.54, 1.807) is 18.2 Å². The van der Waals surface area contributed by atoms with Crippen LogP contribution < -0.4 is 5.32 Å². The molecule has 0 saturated carbocycles. The largest absolute Gasteiger partial charge is 0.418 e. The summed E-state index contributed by atoms with van der Waals surface area (Å²) in [4.78, 5) is 0. The molecule has 4 nitrogen and oxygen atoms in total. The van der Waals surface area contributed by atoms with Gasteiger partial charge in [0.2, 0.25) is 5.89 Å². The highest BCUT2D eigenvalue weighted by Gasteiger charge is 2.22. The third kappa shape index (κ3) is 3.82. The Labute approximate surface area is 170 Å². The molecule has 140 valence electrons. The Balaban J connectivity index is 1.72. The molecule has 1 atom stereocenters. The fourth-order valence-electron chi connectivity index (χ4n) is 2.93. The number of hydrogen-bond acceptors (Lipinski definition) is 4. The normalized spacial score (nSPS) is 12.0. The van der Waals surface area contributed by atoms with Crippen LogP contribution in [0.5, 0.6) is 0 Å². The predicted molar refractivity (Wildman–Crippen MR) is 110 cm³/mol. The van der Waals surface area contributed by atoms with E-state index in [9.17, 15) is 4.39 Å². The quantitative estimate of drug-likeness (QED) is 0.406. The topological polar surface area (TPSA) is 51.0 Å². The predicted octanol–water partition coefficient (Wildman–Crippen LogP) is 6.15. The molecule has 1 heterocycles. The fourth-order valence-corrected chi connectivity index (χ4v) is 3.18. The van der Waals surface area contributed by atoms with Gasteiger partial charge in [-0.2, -0.15) is 0 Å². The number of benzene rings is 3. The van der Waals surface area contributed by atoms with Crippen LogP contribution >= 0.6 is 15.9 Å². The molecule has 0 aliphatic heterocycles. The summed E-state index contributed by atoms with van der Waals surface area (Å²) in [6.45, 7) is 2.02. The van der Waals surface area contributed by atoms with Crippen LogP contribution in [-0.2, 0) is 0 Å². The zero-order chi connectivity index (χ0) is 19.5. The van der Waals surface area contributed by atoms with Crippen molar-refractivity contribution in [1.82, 2.24) is 10.2 Å². The van der Waals surface area contributed by atoms with E-state index in [-0.39, 0.29) is 17.5 Å². The van der Waals surface area contributed by atoms with Gasteiger partial charge in [-0.1, -0.05) is 58.4 Å². The molecule has 0 unspecified atom stereocenters. The van der Waals surface area contributed by atoms with Gasteiger partial charge < -0.3 is 9.73 Å². The first-order valence-electron chi connectivity index (χ1n) is 8.78. The van der Waals surface area contributed by atoms with Crippen molar-refractivity contribution in [3.63, 3.8) is 0 Å².